The third-order valence-corrected chi connectivity index (χ3v) is 4.57. The highest BCUT2D eigenvalue weighted by Crippen LogP contribution is 2.52. The summed E-state index contributed by atoms with van der Waals surface area (Å²) in [6.07, 6.45) is 6.76. The van der Waals surface area contributed by atoms with Gasteiger partial charge in [0.1, 0.15) is 5.75 Å². The number of piperidine rings is 1. The molecule has 2 aliphatic rings. The molecular formula is C15H21NO. The van der Waals surface area contributed by atoms with E-state index < -0.39 is 0 Å². The van der Waals surface area contributed by atoms with Crippen LogP contribution in [0.2, 0.25) is 0 Å². The zero-order chi connectivity index (χ0) is 11.7. The number of hydrogen-bond acceptors (Lipinski definition) is 2. The number of aromatic hydroxyl groups is 1. The minimum absolute atomic E-state index is 0.372. The van der Waals surface area contributed by atoms with Crippen LogP contribution in [-0.4, -0.2) is 18.2 Å². The molecule has 1 aliphatic carbocycles. The summed E-state index contributed by atoms with van der Waals surface area (Å²) >= 11 is 0. The van der Waals surface area contributed by atoms with Crippen molar-refractivity contribution < 1.29 is 5.11 Å². The number of hydrogen-bond donors (Lipinski definition) is 2. The van der Waals surface area contributed by atoms with Crippen LogP contribution in [0.4, 0.5) is 0 Å². The molecule has 3 rings (SSSR count). The van der Waals surface area contributed by atoms with Gasteiger partial charge in [-0.1, -0.05) is 12.1 Å². The fraction of sp³-hybridized carbons (Fsp3) is 0.600. The zero-order valence-electron chi connectivity index (χ0n) is 10.3. The maximum atomic E-state index is 9.25. The third kappa shape index (κ3) is 2.32. The molecule has 0 atom stereocenters. The molecule has 0 aromatic heterocycles. The Balaban J connectivity index is 1.54. The van der Waals surface area contributed by atoms with E-state index in [-0.39, 0.29) is 0 Å². The van der Waals surface area contributed by atoms with E-state index in [1.54, 1.807) is 12.1 Å². The van der Waals surface area contributed by atoms with Crippen molar-refractivity contribution in [1.82, 2.24) is 5.32 Å². The Kier molecular flexibility index (Phi) is 2.83. The molecule has 2 N–H and O–H groups in total. The molecule has 17 heavy (non-hydrogen) atoms. The number of nitrogens with one attached hydrogen (secondary N) is 1. The molecule has 1 saturated carbocycles. The summed E-state index contributed by atoms with van der Waals surface area (Å²) in [7, 11) is 0. The molecule has 1 saturated heterocycles. The predicted molar refractivity (Wildman–Crippen MR) is 69.1 cm³/mol. The molecular weight excluding hydrogens is 210 g/mol. The summed E-state index contributed by atoms with van der Waals surface area (Å²) in [4.78, 5) is 0. The Bertz CT molecular complexity index is 370. The standard InChI is InChI=1S/C15H21NO/c17-14-3-1-12(2-4-14)9-13-10-15(11-13)5-7-16-8-6-15/h1-4,13,16-17H,5-11H2. The molecule has 1 aliphatic heterocycles. The van der Waals surface area contributed by atoms with E-state index >= 15 is 0 Å². The topological polar surface area (TPSA) is 32.3 Å². The van der Waals surface area contributed by atoms with Crippen molar-refractivity contribution >= 4 is 0 Å². The van der Waals surface area contributed by atoms with E-state index in [0.29, 0.717) is 11.2 Å². The first-order chi connectivity index (χ1) is 8.26. The highest BCUT2D eigenvalue weighted by molar-refractivity contribution is 5.26. The van der Waals surface area contributed by atoms with E-state index in [1.807, 2.05) is 0 Å². The summed E-state index contributed by atoms with van der Waals surface area (Å²) in [6.45, 7) is 2.43. The predicted octanol–water partition coefficient (Wildman–Crippen LogP) is 2.71. The van der Waals surface area contributed by atoms with Gasteiger partial charge in [-0.25, -0.2) is 0 Å². The number of phenols is 1. The molecule has 92 valence electrons. The molecule has 1 aromatic rings. The summed E-state index contributed by atoms with van der Waals surface area (Å²) in [5.74, 6) is 1.25. The minimum Gasteiger partial charge on any atom is -0.508 e. The van der Waals surface area contributed by atoms with Crippen LogP contribution in [0.3, 0.4) is 0 Å². The van der Waals surface area contributed by atoms with Crippen molar-refractivity contribution in [3.63, 3.8) is 0 Å². The van der Waals surface area contributed by atoms with E-state index in [1.165, 1.54) is 50.8 Å². The quantitative estimate of drug-likeness (QED) is 0.820. The van der Waals surface area contributed by atoms with Crippen LogP contribution < -0.4 is 5.32 Å². The molecule has 0 bridgehead atoms. The first-order valence-corrected chi connectivity index (χ1v) is 6.74. The largest absolute Gasteiger partial charge is 0.508 e. The van der Waals surface area contributed by atoms with Crippen LogP contribution in [0.15, 0.2) is 24.3 Å². The third-order valence-electron chi connectivity index (χ3n) is 4.57. The van der Waals surface area contributed by atoms with Crippen LogP contribution in [0.25, 0.3) is 0 Å². The molecule has 2 nitrogen and oxygen atoms in total. The van der Waals surface area contributed by atoms with Crippen LogP contribution in [0.1, 0.15) is 31.2 Å². The maximum absolute atomic E-state index is 9.25. The Labute approximate surface area is 103 Å². The van der Waals surface area contributed by atoms with Gasteiger partial charge in [-0.05, 0) is 74.2 Å². The number of phenolic OH excluding ortho intramolecular Hbond substituents is 1. The highest BCUT2D eigenvalue weighted by Gasteiger charge is 2.43. The minimum atomic E-state index is 0.372. The van der Waals surface area contributed by atoms with Gasteiger partial charge in [0.25, 0.3) is 0 Å². The van der Waals surface area contributed by atoms with Gasteiger partial charge in [-0.2, -0.15) is 0 Å². The van der Waals surface area contributed by atoms with Gasteiger partial charge >= 0.3 is 0 Å². The van der Waals surface area contributed by atoms with Gasteiger partial charge in [-0.15, -0.1) is 0 Å². The van der Waals surface area contributed by atoms with E-state index in [2.05, 4.69) is 17.4 Å². The lowest BCUT2D eigenvalue weighted by Gasteiger charge is -2.50. The summed E-state index contributed by atoms with van der Waals surface area (Å²) in [5, 5.41) is 12.7. The van der Waals surface area contributed by atoms with Gasteiger partial charge in [0.2, 0.25) is 0 Å². The second kappa shape index (κ2) is 4.34. The lowest BCUT2D eigenvalue weighted by Crippen LogP contribution is -2.45. The molecule has 0 radical (unpaired) electrons. The molecule has 2 fully saturated rings. The number of rotatable bonds is 2. The fourth-order valence-corrected chi connectivity index (χ4v) is 3.64. The molecule has 2 heteroatoms. The highest BCUT2D eigenvalue weighted by atomic mass is 16.3. The van der Waals surface area contributed by atoms with Gasteiger partial charge in [-0.3, -0.25) is 0 Å². The van der Waals surface area contributed by atoms with Crippen molar-refractivity contribution in [1.29, 1.82) is 0 Å². The molecule has 0 amide bonds. The van der Waals surface area contributed by atoms with Gasteiger partial charge in [0.15, 0.2) is 0 Å². The van der Waals surface area contributed by atoms with Crippen molar-refractivity contribution in [2.75, 3.05) is 13.1 Å². The molecule has 1 aromatic carbocycles. The van der Waals surface area contributed by atoms with Crippen LogP contribution >= 0.6 is 0 Å². The van der Waals surface area contributed by atoms with Gasteiger partial charge < -0.3 is 10.4 Å². The normalized spacial score (nSPS) is 23.5. The summed E-state index contributed by atoms with van der Waals surface area (Å²) in [6, 6.07) is 7.72. The average molecular weight is 231 g/mol. The van der Waals surface area contributed by atoms with Gasteiger partial charge in [0.05, 0.1) is 0 Å². The van der Waals surface area contributed by atoms with E-state index in [0.717, 1.165) is 5.92 Å². The van der Waals surface area contributed by atoms with Crippen molar-refractivity contribution in [2.45, 2.75) is 32.1 Å². The fourth-order valence-electron chi connectivity index (χ4n) is 3.64. The monoisotopic (exact) mass is 231 g/mol. The van der Waals surface area contributed by atoms with Crippen LogP contribution in [0, 0.1) is 11.3 Å². The smallest absolute Gasteiger partial charge is 0.115 e. The first kappa shape index (κ1) is 11.1. The zero-order valence-corrected chi connectivity index (χ0v) is 10.3. The lowest BCUT2D eigenvalue weighted by atomic mass is 9.56. The first-order valence-electron chi connectivity index (χ1n) is 6.74. The van der Waals surface area contributed by atoms with E-state index in [9.17, 15) is 5.11 Å². The Hall–Kier alpha value is -1.02. The van der Waals surface area contributed by atoms with Crippen molar-refractivity contribution in [2.24, 2.45) is 11.3 Å². The maximum Gasteiger partial charge on any atom is 0.115 e. The Morgan fingerprint density at radius 1 is 1.12 bits per heavy atom. The van der Waals surface area contributed by atoms with Crippen molar-refractivity contribution in [3.05, 3.63) is 29.8 Å². The SMILES string of the molecule is Oc1ccc(CC2CC3(CCNCC3)C2)cc1. The molecule has 1 spiro atoms. The number of benzene rings is 1. The summed E-state index contributed by atoms with van der Waals surface area (Å²) < 4.78 is 0. The van der Waals surface area contributed by atoms with Crippen LogP contribution in [-0.2, 0) is 6.42 Å². The molecule has 1 heterocycles. The molecule has 0 unspecified atom stereocenters. The van der Waals surface area contributed by atoms with Gasteiger partial charge in [0, 0.05) is 0 Å². The van der Waals surface area contributed by atoms with E-state index in [4.69, 9.17) is 0 Å². The van der Waals surface area contributed by atoms with Crippen LogP contribution in [0.5, 0.6) is 5.75 Å². The Morgan fingerprint density at radius 3 is 2.41 bits per heavy atom. The average Bonchev–Trinajstić information content (AvgIpc) is 2.31. The van der Waals surface area contributed by atoms with Crippen molar-refractivity contribution in [3.8, 4) is 5.75 Å². The lowest BCUT2D eigenvalue weighted by molar-refractivity contribution is 0.0221. The second-order valence-electron chi connectivity index (χ2n) is 5.89. The summed E-state index contributed by atoms with van der Waals surface area (Å²) in [5.41, 5.74) is 2.06. The second-order valence-corrected chi connectivity index (χ2v) is 5.89. The Morgan fingerprint density at radius 2 is 1.76 bits per heavy atom.